The van der Waals surface area contributed by atoms with E-state index >= 15 is 0 Å². The number of hydrogen-bond acceptors (Lipinski definition) is 3. The monoisotopic (exact) mass is 251 g/mol. The molecule has 0 spiro atoms. The van der Waals surface area contributed by atoms with Gasteiger partial charge in [-0.1, -0.05) is 12.8 Å². The van der Waals surface area contributed by atoms with Crippen LogP contribution in [0.2, 0.25) is 0 Å². The number of rotatable bonds is 4. The summed E-state index contributed by atoms with van der Waals surface area (Å²) >= 11 is 0. The van der Waals surface area contributed by atoms with Gasteiger partial charge >= 0.3 is 13.6 Å². The van der Waals surface area contributed by atoms with Crippen molar-refractivity contribution in [1.82, 2.24) is 5.32 Å². The van der Waals surface area contributed by atoms with Crippen molar-refractivity contribution >= 4 is 13.6 Å². The first-order chi connectivity index (χ1) is 7.41. The van der Waals surface area contributed by atoms with Crippen LogP contribution in [-0.4, -0.2) is 39.1 Å². The van der Waals surface area contributed by atoms with Crippen molar-refractivity contribution in [1.29, 1.82) is 0 Å². The van der Waals surface area contributed by atoms with Crippen LogP contribution in [0.25, 0.3) is 0 Å². The number of carboxylic acids is 1. The standard InChI is InChI=1S/C9H18NO5P/c11-9(12)8(16(13,14)15)6-7-4-2-1-3-5-10-7/h7-8,10H,1-6H2,(H,11,12)(H2,13,14,15). The van der Waals surface area contributed by atoms with Crippen LogP contribution in [-0.2, 0) is 9.36 Å². The first kappa shape index (κ1) is 13.6. The maximum Gasteiger partial charge on any atom is 0.339 e. The molecule has 0 saturated carbocycles. The molecule has 0 radical (unpaired) electrons. The van der Waals surface area contributed by atoms with E-state index in [1.807, 2.05) is 0 Å². The summed E-state index contributed by atoms with van der Waals surface area (Å²) in [6, 6.07) is -0.101. The summed E-state index contributed by atoms with van der Waals surface area (Å²) in [7, 11) is -4.55. The molecule has 1 fully saturated rings. The van der Waals surface area contributed by atoms with Crippen molar-refractivity contribution in [3.05, 3.63) is 0 Å². The van der Waals surface area contributed by atoms with Crippen LogP contribution in [0.5, 0.6) is 0 Å². The summed E-state index contributed by atoms with van der Waals surface area (Å²) in [5, 5.41) is 11.9. The summed E-state index contributed by atoms with van der Waals surface area (Å²) < 4.78 is 11.0. The molecule has 0 aromatic carbocycles. The molecule has 0 aromatic heterocycles. The maximum absolute atomic E-state index is 11.0. The van der Waals surface area contributed by atoms with Crippen molar-refractivity contribution in [3.8, 4) is 0 Å². The van der Waals surface area contributed by atoms with Crippen LogP contribution in [0, 0.1) is 0 Å². The van der Waals surface area contributed by atoms with E-state index in [4.69, 9.17) is 14.9 Å². The van der Waals surface area contributed by atoms with Crippen molar-refractivity contribution < 1.29 is 24.3 Å². The van der Waals surface area contributed by atoms with Gasteiger partial charge in [-0.3, -0.25) is 9.36 Å². The van der Waals surface area contributed by atoms with Gasteiger partial charge in [-0.25, -0.2) is 0 Å². The van der Waals surface area contributed by atoms with Gasteiger partial charge in [-0.05, 0) is 25.8 Å². The van der Waals surface area contributed by atoms with Crippen LogP contribution < -0.4 is 5.32 Å². The predicted octanol–water partition coefficient (Wildman–Crippen LogP) is 0.540. The Morgan fingerprint density at radius 1 is 1.38 bits per heavy atom. The predicted molar refractivity (Wildman–Crippen MR) is 58.3 cm³/mol. The van der Waals surface area contributed by atoms with Gasteiger partial charge in [0.05, 0.1) is 0 Å². The summed E-state index contributed by atoms with van der Waals surface area (Å²) in [5.41, 5.74) is -1.58. The van der Waals surface area contributed by atoms with Gasteiger partial charge < -0.3 is 20.2 Å². The third-order valence-electron chi connectivity index (χ3n) is 2.86. The second-order valence-corrected chi connectivity index (χ2v) is 5.98. The Morgan fingerprint density at radius 3 is 2.62 bits per heavy atom. The molecule has 1 aliphatic rings. The zero-order valence-corrected chi connectivity index (χ0v) is 9.90. The van der Waals surface area contributed by atoms with Gasteiger partial charge in [0.1, 0.15) is 0 Å². The summed E-state index contributed by atoms with van der Waals surface area (Å²) in [6.07, 6.45) is 3.87. The lowest BCUT2D eigenvalue weighted by atomic mass is 10.1. The molecule has 1 rings (SSSR count). The van der Waals surface area contributed by atoms with Crippen molar-refractivity contribution in [3.63, 3.8) is 0 Å². The molecule has 2 atom stereocenters. The second kappa shape index (κ2) is 5.77. The molecule has 4 N–H and O–H groups in total. The Kier molecular flexibility index (Phi) is 4.92. The molecule has 0 aliphatic carbocycles. The molecule has 1 heterocycles. The highest BCUT2D eigenvalue weighted by atomic mass is 31.2. The van der Waals surface area contributed by atoms with Gasteiger partial charge in [0.2, 0.25) is 0 Å². The molecule has 0 aromatic rings. The number of carbonyl (C=O) groups is 1. The molecule has 1 saturated heterocycles. The van der Waals surface area contributed by atoms with Gasteiger partial charge in [-0.15, -0.1) is 0 Å². The SMILES string of the molecule is O=C(O)C(CC1CCCCCN1)P(=O)(O)O. The van der Waals surface area contributed by atoms with E-state index in [1.54, 1.807) is 0 Å². The van der Waals surface area contributed by atoms with Crippen LogP contribution in [0.3, 0.4) is 0 Å². The highest BCUT2D eigenvalue weighted by Crippen LogP contribution is 2.43. The first-order valence-electron chi connectivity index (χ1n) is 5.42. The lowest BCUT2D eigenvalue weighted by Gasteiger charge is -2.21. The summed E-state index contributed by atoms with van der Waals surface area (Å²) in [5.74, 6) is -1.42. The van der Waals surface area contributed by atoms with Crippen LogP contribution >= 0.6 is 7.60 Å². The molecule has 94 valence electrons. The number of hydrogen-bond donors (Lipinski definition) is 4. The minimum atomic E-state index is -4.55. The quantitative estimate of drug-likeness (QED) is 0.543. The first-order valence-corrected chi connectivity index (χ1v) is 7.11. The van der Waals surface area contributed by atoms with Gasteiger partial charge in [-0.2, -0.15) is 0 Å². The van der Waals surface area contributed by atoms with Crippen molar-refractivity contribution in [2.45, 2.75) is 43.8 Å². The Morgan fingerprint density at radius 2 is 2.06 bits per heavy atom. The molecule has 16 heavy (non-hydrogen) atoms. The maximum atomic E-state index is 11.0. The lowest BCUT2D eigenvalue weighted by Crippen LogP contribution is -2.35. The van der Waals surface area contributed by atoms with E-state index in [0.29, 0.717) is 0 Å². The largest absolute Gasteiger partial charge is 0.481 e. The van der Waals surface area contributed by atoms with Crippen molar-refractivity contribution in [2.75, 3.05) is 6.54 Å². The van der Waals surface area contributed by atoms with Gasteiger partial charge in [0.25, 0.3) is 0 Å². The van der Waals surface area contributed by atoms with Crippen LogP contribution in [0.4, 0.5) is 0 Å². The second-order valence-electron chi connectivity index (χ2n) is 4.18. The van der Waals surface area contributed by atoms with Crippen LogP contribution in [0.15, 0.2) is 0 Å². The van der Waals surface area contributed by atoms with E-state index in [0.717, 1.165) is 32.2 Å². The zero-order valence-electron chi connectivity index (χ0n) is 9.00. The topological polar surface area (TPSA) is 107 Å². The Bertz CT molecular complexity index is 282. The summed E-state index contributed by atoms with van der Waals surface area (Å²) in [6.45, 7) is 0.790. The van der Waals surface area contributed by atoms with E-state index in [-0.39, 0.29) is 12.5 Å². The van der Waals surface area contributed by atoms with E-state index in [9.17, 15) is 9.36 Å². The average molecular weight is 251 g/mol. The molecular weight excluding hydrogens is 233 g/mol. The fraction of sp³-hybridized carbons (Fsp3) is 0.889. The Hall–Kier alpha value is -0.420. The zero-order chi connectivity index (χ0) is 12.2. The van der Waals surface area contributed by atoms with E-state index in [1.165, 1.54) is 0 Å². The van der Waals surface area contributed by atoms with Crippen molar-refractivity contribution in [2.24, 2.45) is 0 Å². The molecule has 6 nitrogen and oxygen atoms in total. The van der Waals surface area contributed by atoms with Gasteiger partial charge in [0.15, 0.2) is 5.66 Å². The molecule has 0 amide bonds. The van der Waals surface area contributed by atoms with Crippen LogP contribution in [0.1, 0.15) is 32.1 Å². The fourth-order valence-electron chi connectivity index (χ4n) is 1.95. The number of carboxylic acid groups (broad SMARTS) is 1. The minimum Gasteiger partial charge on any atom is -0.481 e. The highest BCUT2D eigenvalue weighted by molar-refractivity contribution is 7.53. The summed E-state index contributed by atoms with van der Waals surface area (Å²) in [4.78, 5) is 28.7. The number of aliphatic carboxylic acids is 1. The molecule has 7 heteroatoms. The van der Waals surface area contributed by atoms with Gasteiger partial charge in [0, 0.05) is 6.04 Å². The Labute approximate surface area is 94.2 Å². The molecule has 2 unspecified atom stereocenters. The third-order valence-corrected chi connectivity index (χ3v) is 4.10. The fourth-order valence-corrected chi connectivity index (χ4v) is 2.77. The average Bonchev–Trinajstić information content (AvgIpc) is 2.39. The lowest BCUT2D eigenvalue weighted by molar-refractivity contribution is -0.137. The highest BCUT2D eigenvalue weighted by Gasteiger charge is 2.37. The van der Waals surface area contributed by atoms with E-state index < -0.39 is 19.2 Å². The molecule has 0 bridgehead atoms. The number of nitrogens with one attached hydrogen (secondary N) is 1. The molecular formula is C9H18NO5P. The smallest absolute Gasteiger partial charge is 0.339 e. The van der Waals surface area contributed by atoms with E-state index in [2.05, 4.69) is 5.32 Å². The normalized spacial score (nSPS) is 24.8. The minimum absolute atomic E-state index is 0.000386. The Balaban J connectivity index is 2.60. The molecule has 1 aliphatic heterocycles. The third kappa shape index (κ3) is 4.22.